The van der Waals surface area contributed by atoms with Crippen molar-refractivity contribution in [2.24, 2.45) is 5.41 Å². The molecule has 21 heavy (non-hydrogen) atoms. The number of H-pyrrole nitrogens is 1. The predicted molar refractivity (Wildman–Crippen MR) is 86.4 cm³/mol. The second-order valence-electron chi connectivity index (χ2n) is 7.29. The van der Waals surface area contributed by atoms with Crippen LogP contribution in [0.15, 0.2) is 18.2 Å². The van der Waals surface area contributed by atoms with Gasteiger partial charge in [0, 0.05) is 28.1 Å². The maximum absolute atomic E-state index is 12.2. The first-order chi connectivity index (χ1) is 9.84. The molecule has 0 radical (unpaired) electrons. The normalized spacial score (nSPS) is 18.6. The topological polar surface area (TPSA) is 44.9 Å². The van der Waals surface area contributed by atoms with E-state index in [1.807, 2.05) is 20.8 Å². The van der Waals surface area contributed by atoms with Gasteiger partial charge in [-0.2, -0.15) is 0 Å². The van der Waals surface area contributed by atoms with Gasteiger partial charge in [0.2, 0.25) is 5.91 Å². The van der Waals surface area contributed by atoms with Crippen molar-refractivity contribution in [3.05, 3.63) is 35.0 Å². The van der Waals surface area contributed by atoms with Gasteiger partial charge < -0.3 is 10.3 Å². The molecule has 0 saturated carbocycles. The Morgan fingerprint density at radius 3 is 2.81 bits per heavy atom. The smallest absolute Gasteiger partial charge is 0.225 e. The number of hydrogen-bond acceptors (Lipinski definition) is 1. The molecule has 1 amide bonds. The van der Waals surface area contributed by atoms with Crippen LogP contribution in [0.1, 0.15) is 44.0 Å². The zero-order valence-corrected chi connectivity index (χ0v) is 13.3. The molecule has 1 unspecified atom stereocenters. The summed E-state index contributed by atoms with van der Waals surface area (Å²) in [7, 11) is 0. The highest BCUT2D eigenvalue weighted by Gasteiger charge is 2.27. The summed E-state index contributed by atoms with van der Waals surface area (Å²) >= 11 is 0. The van der Waals surface area contributed by atoms with E-state index in [1.165, 1.54) is 27.7 Å². The van der Waals surface area contributed by atoms with E-state index in [-0.39, 0.29) is 17.4 Å². The number of aromatic amines is 1. The molecule has 1 aliphatic rings. The fourth-order valence-electron chi connectivity index (χ4n) is 3.06. The van der Waals surface area contributed by atoms with Gasteiger partial charge in [-0.05, 0) is 43.9 Å². The molecule has 0 bridgehead atoms. The molecule has 2 N–H and O–H groups in total. The summed E-state index contributed by atoms with van der Waals surface area (Å²) < 4.78 is 0. The maximum atomic E-state index is 12.2. The molecule has 112 valence electrons. The first kappa shape index (κ1) is 14.2. The van der Waals surface area contributed by atoms with Gasteiger partial charge in [0.15, 0.2) is 0 Å². The minimum Gasteiger partial charge on any atom is -0.358 e. The Hall–Kier alpha value is -1.77. The van der Waals surface area contributed by atoms with Gasteiger partial charge in [-0.1, -0.05) is 32.4 Å². The molecule has 3 rings (SSSR count). The third-order valence-electron chi connectivity index (χ3n) is 4.36. The van der Waals surface area contributed by atoms with Gasteiger partial charge in [-0.3, -0.25) is 4.79 Å². The Labute approximate surface area is 126 Å². The Balaban J connectivity index is 1.86. The van der Waals surface area contributed by atoms with Crippen molar-refractivity contribution in [2.45, 2.75) is 53.0 Å². The molecule has 1 aromatic heterocycles. The molecule has 0 aliphatic heterocycles. The zero-order valence-electron chi connectivity index (χ0n) is 13.3. The number of carbonyl (C=O) groups excluding carboxylic acids is 1. The summed E-state index contributed by atoms with van der Waals surface area (Å²) in [6, 6.07) is 6.80. The number of hydrogen-bond donors (Lipinski definition) is 2. The lowest BCUT2D eigenvalue weighted by atomic mass is 9.89. The molecule has 1 atom stereocenters. The number of rotatable bonds is 1. The Morgan fingerprint density at radius 2 is 2.10 bits per heavy atom. The second-order valence-corrected chi connectivity index (χ2v) is 7.29. The highest BCUT2D eigenvalue weighted by atomic mass is 16.2. The van der Waals surface area contributed by atoms with E-state index in [1.54, 1.807) is 0 Å². The van der Waals surface area contributed by atoms with Crippen LogP contribution in [-0.4, -0.2) is 16.9 Å². The number of carbonyl (C=O) groups is 1. The minimum atomic E-state index is -0.322. The van der Waals surface area contributed by atoms with E-state index >= 15 is 0 Å². The molecular formula is C18H24N2O. The van der Waals surface area contributed by atoms with Gasteiger partial charge >= 0.3 is 0 Å². The highest BCUT2D eigenvalue weighted by Crippen LogP contribution is 2.30. The molecule has 0 spiro atoms. The SMILES string of the molecule is Cc1ccc2[nH]c3c(c2c1)CC(NC(=O)C(C)(C)C)CC3. The van der Waals surface area contributed by atoms with Gasteiger partial charge in [0.25, 0.3) is 0 Å². The first-order valence-electron chi connectivity index (χ1n) is 7.75. The predicted octanol–water partition coefficient (Wildman–Crippen LogP) is 3.50. The summed E-state index contributed by atoms with van der Waals surface area (Å²) in [5.41, 5.74) is 4.91. The molecule has 0 fully saturated rings. The second kappa shape index (κ2) is 4.90. The van der Waals surface area contributed by atoms with Crippen molar-refractivity contribution in [3.63, 3.8) is 0 Å². The van der Waals surface area contributed by atoms with Crippen LogP contribution in [0.2, 0.25) is 0 Å². The Kier molecular flexibility index (Phi) is 3.31. The zero-order chi connectivity index (χ0) is 15.2. The quantitative estimate of drug-likeness (QED) is 0.827. The standard InChI is InChI=1S/C18H24N2O/c1-11-5-7-15-13(9-11)14-10-12(6-8-16(14)20-15)19-17(21)18(2,3)4/h5,7,9,12,20H,6,8,10H2,1-4H3,(H,19,21). The van der Waals surface area contributed by atoms with Crippen molar-refractivity contribution in [1.82, 2.24) is 10.3 Å². The monoisotopic (exact) mass is 284 g/mol. The van der Waals surface area contributed by atoms with Crippen molar-refractivity contribution in [3.8, 4) is 0 Å². The van der Waals surface area contributed by atoms with Crippen LogP contribution in [0.3, 0.4) is 0 Å². The van der Waals surface area contributed by atoms with Crippen LogP contribution in [0.5, 0.6) is 0 Å². The van der Waals surface area contributed by atoms with Crippen LogP contribution in [-0.2, 0) is 17.6 Å². The van der Waals surface area contributed by atoms with Crippen LogP contribution < -0.4 is 5.32 Å². The summed E-state index contributed by atoms with van der Waals surface area (Å²) in [5.74, 6) is 0.145. The summed E-state index contributed by atoms with van der Waals surface area (Å²) in [6.45, 7) is 8.02. The number of amides is 1. The van der Waals surface area contributed by atoms with Crippen molar-refractivity contribution in [1.29, 1.82) is 0 Å². The van der Waals surface area contributed by atoms with Crippen LogP contribution in [0, 0.1) is 12.3 Å². The molecule has 1 aliphatic carbocycles. The van der Waals surface area contributed by atoms with Crippen LogP contribution in [0.25, 0.3) is 10.9 Å². The lowest BCUT2D eigenvalue weighted by molar-refractivity contribution is -0.129. The van der Waals surface area contributed by atoms with E-state index in [0.29, 0.717) is 0 Å². The number of aromatic nitrogens is 1. The lowest BCUT2D eigenvalue weighted by Crippen LogP contribution is -2.44. The highest BCUT2D eigenvalue weighted by molar-refractivity contribution is 5.86. The largest absolute Gasteiger partial charge is 0.358 e. The summed E-state index contributed by atoms with van der Waals surface area (Å²) in [5, 5.41) is 4.54. The Morgan fingerprint density at radius 1 is 1.33 bits per heavy atom. The molecule has 3 nitrogen and oxygen atoms in total. The van der Waals surface area contributed by atoms with Gasteiger partial charge in [-0.15, -0.1) is 0 Å². The fourth-order valence-corrected chi connectivity index (χ4v) is 3.06. The molecular weight excluding hydrogens is 260 g/mol. The van der Waals surface area contributed by atoms with E-state index in [0.717, 1.165) is 19.3 Å². The van der Waals surface area contributed by atoms with E-state index in [4.69, 9.17) is 0 Å². The van der Waals surface area contributed by atoms with Crippen molar-refractivity contribution >= 4 is 16.8 Å². The van der Waals surface area contributed by atoms with Crippen molar-refractivity contribution < 1.29 is 4.79 Å². The molecule has 1 aromatic carbocycles. The van der Waals surface area contributed by atoms with Gasteiger partial charge in [0.1, 0.15) is 0 Å². The molecule has 0 saturated heterocycles. The Bertz CT molecular complexity index is 691. The van der Waals surface area contributed by atoms with Gasteiger partial charge in [-0.25, -0.2) is 0 Å². The van der Waals surface area contributed by atoms with Crippen LogP contribution in [0.4, 0.5) is 0 Å². The minimum absolute atomic E-state index is 0.145. The number of aryl methyl sites for hydroxylation is 2. The first-order valence-corrected chi connectivity index (χ1v) is 7.75. The lowest BCUT2D eigenvalue weighted by Gasteiger charge is -2.27. The van der Waals surface area contributed by atoms with Gasteiger partial charge in [0.05, 0.1) is 0 Å². The molecule has 1 heterocycles. The van der Waals surface area contributed by atoms with E-state index in [2.05, 4.69) is 35.4 Å². The number of nitrogens with one attached hydrogen (secondary N) is 2. The van der Waals surface area contributed by atoms with E-state index in [9.17, 15) is 4.79 Å². The summed E-state index contributed by atoms with van der Waals surface area (Å²) in [4.78, 5) is 15.7. The average Bonchev–Trinajstić information content (AvgIpc) is 2.75. The van der Waals surface area contributed by atoms with Crippen molar-refractivity contribution in [2.75, 3.05) is 0 Å². The average molecular weight is 284 g/mol. The maximum Gasteiger partial charge on any atom is 0.225 e. The third kappa shape index (κ3) is 2.69. The molecule has 2 aromatic rings. The summed E-state index contributed by atoms with van der Waals surface area (Å²) in [6.07, 6.45) is 2.96. The third-order valence-corrected chi connectivity index (χ3v) is 4.36. The van der Waals surface area contributed by atoms with Crippen LogP contribution >= 0.6 is 0 Å². The fraction of sp³-hybridized carbons (Fsp3) is 0.500. The van der Waals surface area contributed by atoms with E-state index < -0.39 is 0 Å². The number of benzene rings is 1. The number of fused-ring (bicyclic) bond motifs is 3. The molecule has 3 heteroatoms.